The Morgan fingerprint density at radius 2 is 2.29 bits per heavy atom. The topological polar surface area (TPSA) is 66.8 Å². The molecule has 0 amide bonds. The molecule has 6 heteroatoms. The van der Waals surface area contributed by atoms with Crippen LogP contribution in [0.5, 0.6) is 0 Å². The fourth-order valence-corrected chi connectivity index (χ4v) is 2.76. The average molecular weight is 223 g/mol. The van der Waals surface area contributed by atoms with Crippen LogP contribution in [0.2, 0.25) is 0 Å². The molecular weight excluding hydrogens is 206 g/mol. The number of rotatable bonds is 3. The second kappa shape index (κ2) is 5.06. The summed E-state index contributed by atoms with van der Waals surface area (Å²) in [7, 11) is -3.29. The van der Waals surface area contributed by atoms with Gasteiger partial charge in [-0.05, 0) is 5.92 Å². The van der Waals surface area contributed by atoms with Crippen molar-refractivity contribution in [2.45, 2.75) is 6.92 Å². The van der Waals surface area contributed by atoms with E-state index in [2.05, 4.69) is 0 Å². The van der Waals surface area contributed by atoms with Crippen LogP contribution in [0.3, 0.4) is 0 Å². The van der Waals surface area contributed by atoms with Crippen molar-refractivity contribution in [3.8, 4) is 0 Å². The first-order chi connectivity index (χ1) is 6.56. The molecule has 0 aromatic rings. The monoisotopic (exact) mass is 223 g/mol. The van der Waals surface area contributed by atoms with Crippen LogP contribution in [0.25, 0.3) is 0 Å². The number of hydrogen-bond acceptors (Lipinski definition) is 4. The largest absolute Gasteiger partial charge is 0.395 e. The van der Waals surface area contributed by atoms with E-state index in [1.807, 2.05) is 6.92 Å². The van der Waals surface area contributed by atoms with E-state index in [1.54, 1.807) is 0 Å². The molecule has 1 aliphatic heterocycles. The van der Waals surface area contributed by atoms with Gasteiger partial charge in [-0.3, -0.25) is 0 Å². The van der Waals surface area contributed by atoms with Crippen molar-refractivity contribution in [3.63, 3.8) is 0 Å². The van der Waals surface area contributed by atoms with E-state index >= 15 is 0 Å². The molecule has 0 spiro atoms. The molecule has 1 N–H and O–H groups in total. The highest BCUT2D eigenvalue weighted by molar-refractivity contribution is 7.89. The third kappa shape index (κ3) is 3.20. The van der Waals surface area contributed by atoms with Crippen LogP contribution < -0.4 is 0 Å². The van der Waals surface area contributed by atoms with E-state index < -0.39 is 10.0 Å². The van der Waals surface area contributed by atoms with E-state index in [4.69, 9.17) is 9.84 Å². The Morgan fingerprint density at radius 1 is 1.57 bits per heavy atom. The third-order valence-electron chi connectivity index (χ3n) is 2.15. The summed E-state index contributed by atoms with van der Waals surface area (Å²) in [5.74, 6) is 0.0191. The Hall–Kier alpha value is -0.170. The number of sulfonamides is 1. The van der Waals surface area contributed by atoms with Crippen molar-refractivity contribution in [3.05, 3.63) is 0 Å². The van der Waals surface area contributed by atoms with Crippen molar-refractivity contribution >= 4 is 10.0 Å². The molecular formula is C8H17NO4S. The molecule has 0 aliphatic carbocycles. The molecule has 0 aromatic heterocycles. The summed E-state index contributed by atoms with van der Waals surface area (Å²) in [6.07, 6.45) is 0. The third-order valence-corrected chi connectivity index (χ3v) is 3.96. The molecule has 0 aromatic carbocycles. The molecule has 0 bridgehead atoms. The van der Waals surface area contributed by atoms with Crippen LogP contribution in [0.1, 0.15) is 6.92 Å². The molecule has 1 heterocycles. The van der Waals surface area contributed by atoms with Crippen LogP contribution in [0.4, 0.5) is 0 Å². The quantitative estimate of drug-likeness (QED) is 0.685. The van der Waals surface area contributed by atoms with Gasteiger partial charge >= 0.3 is 0 Å². The Bertz CT molecular complexity index is 265. The van der Waals surface area contributed by atoms with Gasteiger partial charge in [0.1, 0.15) is 0 Å². The zero-order valence-electron chi connectivity index (χ0n) is 8.35. The first-order valence-electron chi connectivity index (χ1n) is 4.72. The Labute approximate surface area is 84.7 Å². The Morgan fingerprint density at radius 3 is 2.93 bits per heavy atom. The summed E-state index contributed by atoms with van der Waals surface area (Å²) >= 11 is 0. The summed E-state index contributed by atoms with van der Waals surface area (Å²) in [5.41, 5.74) is 0. The van der Waals surface area contributed by atoms with Gasteiger partial charge in [0.15, 0.2) is 0 Å². The van der Waals surface area contributed by atoms with Gasteiger partial charge in [-0.2, -0.15) is 4.31 Å². The molecule has 1 unspecified atom stereocenters. The van der Waals surface area contributed by atoms with Crippen molar-refractivity contribution < 1.29 is 18.3 Å². The maximum atomic E-state index is 11.6. The zero-order chi connectivity index (χ0) is 10.6. The van der Waals surface area contributed by atoms with Crippen LogP contribution in [0, 0.1) is 5.92 Å². The van der Waals surface area contributed by atoms with Crippen molar-refractivity contribution in [2.75, 3.05) is 38.7 Å². The van der Waals surface area contributed by atoms with E-state index in [0.29, 0.717) is 26.3 Å². The number of hydrogen-bond donors (Lipinski definition) is 1. The number of aliphatic hydroxyl groups is 1. The minimum Gasteiger partial charge on any atom is -0.395 e. The molecule has 1 atom stereocenters. The molecule has 84 valence electrons. The van der Waals surface area contributed by atoms with Crippen molar-refractivity contribution in [2.24, 2.45) is 5.92 Å². The molecule has 0 radical (unpaired) electrons. The highest BCUT2D eigenvalue weighted by atomic mass is 32.2. The van der Waals surface area contributed by atoms with Crippen LogP contribution in [0.15, 0.2) is 0 Å². The van der Waals surface area contributed by atoms with Crippen LogP contribution >= 0.6 is 0 Å². The summed E-state index contributed by atoms with van der Waals surface area (Å²) in [6, 6.07) is 0. The summed E-state index contributed by atoms with van der Waals surface area (Å²) in [5, 5.41) is 8.63. The predicted octanol–water partition coefficient (Wildman–Crippen LogP) is -0.723. The maximum absolute atomic E-state index is 11.6. The van der Waals surface area contributed by atoms with Crippen molar-refractivity contribution in [1.82, 2.24) is 4.31 Å². The van der Waals surface area contributed by atoms with E-state index in [1.165, 1.54) is 4.31 Å². The van der Waals surface area contributed by atoms with Gasteiger partial charge in [-0.1, -0.05) is 6.92 Å². The van der Waals surface area contributed by atoms with Gasteiger partial charge in [0.2, 0.25) is 10.0 Å². The first kappa shape index (κ1) is 11.9. The Balaban J connectivity index is 2.65. The standard InChI is InChI=1S/C8H17NO4S/c1-8-6-9(2-4-13-7-8)14(11,12)5-3-10/h8,10H,2-7H2,1H3. The highest BCUT2D eigenvalue weighted by Crippen LogP contribution is 2.10. The smallest absolute Gasteiger partial charge is 0.216 e. The minimum atomic E-state index is -3.29. The van der Waals surface area contributed by atoms with Gasteiger partial charge in [0, 0.05) is 13.1 Å². The van der Waals surface area contributed by atoms with Crippen molar-refractivity contribution in [1.29, 1.82) is 0 Å². The SMILES string of the molecule is CC1COCCN(S(=O)(=O)CCO)C1. The zero-order valence-corrected chi connectivity index (χ0v) is 9.16. The maximum Gasteiger partial charge on any atom is 0.216 e. The van der Waals surface area contributed by atoms with Gasteiger partial charge in [0.25, 0.3) is 0 Å². The molecule has 5 nitrogen and oxygen atoms in total. The van der Waals surface area contributed by atoms with Gasteiger partial charge in [-0.25, -0.2) is 8.42 Å². The lowest BCUT2D eigenvalue weighted by molar-refractivity contribution is 0.127. The number of aliphatic hydroxyl groups excluding tert-OH is 1. The summed E-state index contributed by atoms with van der Waals surface area (Å²) < 4.78 is 29.8. The minimum absolute atomic E-state index is 0.195. The number of ether oxygens (including phenoxy) is 1. The lowest BCUT2D eigenvalue weighted by Gasteiger charge is -2.20. The van der Waals surface area contributed by atoms with E-state index in [0.717, 1.165) is 0 Å². The van der Waals surface area contributed by atoms with Gasteiger partial charge in [0.05, 0.1) is 25.6 Å². The average Bonchev–Trinajstić information content (AvgIpc) is 2.30. The van der Waals surface area contributed by atoms with E-state index in [-0.39, 0.29) is 18.3 Å². The lowest BCUT2D eigenvalue weighted by Crippen LogP contribution is -2.37. The Kier molecular flexibility index (Phi) is 4.31. The van der Waals surface area contributed by atoms with Gasteiger partial charge < -0.3 is 9.84 Å². The summed E-state index contributed by atoms with van der Waals surface area (Å²) in [6.45, 7) is 3.55. The second-order valence-electron chi connectivity index (χ2n) is 3.58. The first-order valence-corrected chi connectivity index (χ1v) is 6.33. The van der Waals surface area contributed by atoms with Crippen LogP contribution in [-0.4, -0.2) is 56.5 Å². The molecule has 1 aliphatic rings. The summed E-state index contributed by atoms with van der Waals surface area (Å²) in [4.78, 5) is 0. The molecule has 1 rings (SSSR count). The van der Waals surface area contributed by atoms with Crippen LogP contribution in [-0.2, 0) is 14.8 Å². The number of nitrogens with zero attached hydrogens (tertiary/aromatic N) is 1. The second-order valence-corrected chi connectivity index (χ2v) is 5.67. The van der Waals surface area contributed by atoms with E-state index in [9.17, 15) is 8.42 Å². The molecule has 1 saturated heterocycles. The van der Waals surface area contributed by atoms with Gasteiger partial charge in [-0.15, -0.1) is 0 Å². The highest BCUT2D eigenvalue weighted by Gasteiger charge is 2.25. The molecule has 0 saturated carbocycles. The predicted molar refractivity (Wildman–Crippen MR) is 52.4 cm³/mol. The molecule has 1 fully saturated rings. The fourth-order valence-electron chi connectivity index (χ4n) is 1.44. The lowest BCUT2D eigenvalue weighted by atomic mass is 10.2. The molecule has 14 heavy (non-hydrogen) atoms. The normalized spacial score (nSPS) is 26.0. The fraction of sp³-hybridized carbons (Fsp3) is 1.00.